The normalized spacial score (nSPS) is 19.5. The number of benzene rings is 1. The number of halogens is 1. The van der Waals surface area contributed by atoms with Crippen LogP contribution in [-0.4, -0.2) is 46.0 Å². The van der Waals surface area contributed by atoms with Gasteiger partial charge in [0.25, 0.3) is 15.0 Å². The van der Waals surface area contributed by atoms with Gasteiger partial charge in [0, 0.05) is 36.4 Å². The number of likely N-dealkylation sites (tertiary alicyclic amines) is 1. The van der Waals surface area contributed by atoms with Crippen molar-refractivity contribution >= 4 is 25.6 Å². The topological polar surface area (TPSA) is 63.7 Å². The van der Waals surface area contributed by atoms with Gasteiger partial charge in [-0.3, -0.25) is 4.79 Å². The monoisotopic (exact) mass is 331 g/mol. The van der Waals surface area contributed by atoms with E-state index in [-0.39, 0.29) is 10.8 Å². The molecular formula is C14H18ClNO4S. The summed E-state index contributed by atoms with van der Waals surface area (Å²) in [6, 6.07) is 5.70. The number of rotatable bonds is 4. The van der Waals surface area contributed by atoms with Crippen LogP contribution in [0.3, 0.4) is 0 Å². The van der Waals surface area contributed by atoms with Crippen molar-refractivity contribution < 1.29 is 17.9 Å². The minimum atomic E-state index is -3.76. The molecular weight excluding hydrogens is 314 g/mol. The summed E-state index contributed by atoms with van der Waals surface area (Å²) >= 11 is 0. The minimum absolute atomic E-state index is 0.00313. The Kier molecular flexibility index (Phi) is 5.24. The van der Waals surface area contributed by atoms with Crippen LogP contribution in [0.5, 0.6) is 0 Å². The Morgan fingerprint density at radius 3 is 2.62 bits per heavy atom. The SMILES string of the molecule is COCC1CCCN(C(=O)c2ccc(S(=O)(=O)Cl)cc2)C1. The van der Waals surface area contributed by atoms with Gasteiger partial charge in [-0.15, -0.1) is 0 Å². The van der Waals surface area contributed by atoms with Crippen LogP contribution in [0.15, 0.2) is 29.2 Å². The average molecular weight is 332 g/mol. The molecule has 1 heterocycles. The molecule has 0 saturated carbocycles. The van der Waals surface area contributed by atoms with E-state index in [1.165, 1.54) is 24.3 Å². The molecule has 1 aliphatic rings. The van der Waals surface area contributed by atoms with Crippen molar-refractivity contribution in [3.8, 4) is 0 Å². The minimum Gasteiger partial charge on any atom is -0.384 e. The molecule has 1 unspecified atom stereocenters. The number of carbonyl (C=O) groups excluding carboxylic acids is 1. The van der Waals surface area contributed by atoms with Crippen LogP contribution in [0, 0.1) is 5.92 Å². The average Bonchev–Trinajstić information content (AvgIpc) is 2.46. The third kappa shape index (κ3) is 4.18. The van der Waals surface area contributed by atoms with Gasteiger partial charge in [0.05, 0.1) is 11.5 Å². The molecule has 0 spiro atoms. The van der Waals surface area contributed by atoms with Crippen molar-refractivity contribution in [1.82, 2.24) is 4.90 Å². The second-order valence-corrected chi connectivity index (χ2v) is 7.74. The standard InChI is InChI=1S/C14H18ClNO4S/c1-20-10-11-3-2-8-16(9-11)14(17)12-4-6-13(7-5-12)21(15,18)19/h4-7,11H,2-3,8-10H2,1H3. The highest BCUT2D eigenvalue weighted by molar-refractivity contribution is 8.13. The summed E-state index contributed by atoms with van der Waals surface area (Å²) in [5.41, 5.74) is 0.470. The lowest BCUT2D eigenvalue weighted by molar-refractivity contribution is 0.0571. The highest BCUT2D eigenvalue weighted by atomic mass is 35.7. The first-order valence-corrected chi connectivity index (χ1v) is 9.05. The molecule has 0 bridgehead atoms. The summed E-state index contributed by atoms with van der Waals surface area (Å²) in [5, 5.41) is 0. The van der Waals surface area contributed by atoms with Crippen LogP contribution < -0.4 is 0 Å². The number of carbonyl (C=O) groups is 1. The lowest BCUT2D eigenvalue weighted by Gasteiger charge is -2.32. The highest BCUT2D eigenvalue weighted by Crippen LogP contribution is 2.20. The summed E-state index contributed by atoms with van der Waals surface area (Å²) in [6.45, 7) is 2.03. The quantitative estimate of drug-likeness (QED) is 0.793. The molecule has 1 aromatic carbocycles. The Hall–Kier alpha value is -1.11. The zero-order valence-electron chi connectivity index (χ0n) is 11.8. The molecule has 0 aromatic heterocycles. The Morgan fingerprint density at radius 2 is 2.05 bits per heavy atom. The lowest BCUT2D eigenvalue weighted by Crippen LogP contribution is -2.41. The number of hydrogen-bond acceptors (Lipinski definition) is 4. The molecule has 2 rings (SSSR count). The zero-order chi connectivity index (χ0) is 15.5. The summed E-state index contributed by atoms with van der Waals surface area (Å²) in [6.07, 6.45) is 2.01. The van der Waals surface area contributed by atoms with Crippen molar-refractivity contribution in [3.05, 3.63) is 29.8 Å². The molecule has 21 heavy (non-hydrogen) atoms. The van der Waals surface area contributed by atoms with Gasteiger partial charge in [-0.25, -0.2) is 8.42 Å². The number of nitrogens with zero attached hydrogens (tertiary/aromatic N) is 1. The molecule has 1 aliphatic heterocycles. The third-order valence-electron chi connectivity index (χ3n) is 3.59. The first-order valence-electron chi connectivity index (χ1n) is 6.74. The fourth-order valence-electron chi connectivity index (χ4n) is 2.56. The van der Waals surface area contributed by atoms with E-state index in [0.717, 1.165) is 12.8 Å². The van der Waals surface area contributed by atoms with Gasteiger partial charge in [0.1, 0.15) is 0 Å². The van der Waals surface area contributed by atoms with Gasteiger partial charge in [-0.05, 0) is 43.0 Å². The molecule has 116 valence electrons. The number of amides is 1. The summed E-state index contributed by atoms with van der Waals surface area (Å²) in [4.78, 5) is 14.2. The molecule has 0 aliphatic carbocycles. The summed E-state index contributed by atoms with van der Waals surface area (Å²) in [5.74, 6) is 0.268. The number of hydrogen-bond donors (Lipinski definition) is 0. The van der Waals surface area contributed by atoms with Crippen LogP contribution in [0.2, 0.25) is 0 Å². The van der Waals surface area contributed by atoms with E-state index in [9.17, 15) is 13.2 Å². The first kappa shape index (κ1) is 16.3. The van der Waals surface area contributed by atoms with Gasteiger partial charge in [0.15, 0.2) is 0 Å². The van der Waals surface area contributed by atoms with E-state index in [1.54, 1.807) is 12.0 Å². The van der Waals surface area contributed by atoms with E-state index in [2.05, 4.69) is 0 Å². The molecule has 5 nitrogen and oxygen atoms in total. The van der Waals surface area contributed by atoms with Gasteiger partial charge >= 0.3 is 0 Å². The van der Waals surface area contributed by atoms with E-state index < -0.39 is 9.05 Å². The molecule has 1 fully saturated rings. The Morgan fingerprint density at radius 1 is 1.38 bits per heavy atom. The molecule has 1 atom stereocenters. The molecule has 1 saturated heterocycles. The van der Waals surface area contributed by atoms with E-state index in [0.29, 0.717) is 31.2 Å². The predicted molar refractivity (Wildman–Crippen MR) is 80.0 cm³/mol. The van der Waals surface area contributed by atoms with Gasteiger partial charge in [0.2, 0.25) is 0 Å². The predicted octanol–water partition coefficient (Wildman–Crippen LogP) is 2.11. The number of piperidine rings is 1. The first-order chi connectivity index (χ1) is 9.91. The molecule has 1 amide bonds. The fraction of sp³-hybridized carbons (Fsp3) is 0.500. The third-order valence-corrected chi connectivity index (χ3v) is 4.96. The van der Waals surface area contributed by atoms with Crippen molar-refractivity contribution in [1.29, 1.82) is 0 Å². The second-order valence-electron chi connectivity index (χ2n) is 5.18. The fourth-order valence-corrected chi connectivity index (χ4v) is 3.33. The maximum atomic E-state index is 12.4. The number of ether oxygens (including phenoxy) is 1. The van der Waals surface area contributed by atoms with Crippen molar-refractivity contribution in [2.45, 2.75) is 17.7 Å². The smallest absolute Gasteiger partial charge is 0.261 e. The van der Waals surface area contributed by atoms with Crippen LogP contribution in [0.4, 0.5) is 0 Å². The van der Waals surface area contributed by atoms with E-state index in [1.807, 2.05) is 0 Å². The Bertz CT molecular complexity index is 598. The van der Waals surface area contributed by atoms with E-state index in [4.69, 9.17) is 15.4 Å². The molecule has 0 radical (unpaired) electrons. The van der Waals surface area contributed by atoms with Crippen LogP contribution in [0.1, 0.15) is 23.2 Å². The Balaban J connectivity index is 2.09. The number of methoxy groups -OCH3 is 1. The van der Waals surface area contributed by atoms with Crippen LogP contribution in [-0.2, 0) is 13.8 Å². The van der Waals surface area contributed by atoms with Crippen molar-refractivity contribution in [2.24, 2.45) is 5.92 Å². The Labute approximate surface area is 129 Å². The molecule has 7 heteroatoms. The summed E-state index contributed by atoms with van der Waals surface area (Å²) in [7, 11) is 3.16. The molecule has 0 N–H and O–H groups in total. The zero-order valence-corrected chi connectivity index (χ0v) is 13.4. The van der Waals surface area contributed by atoms with Crippen molar-refractivity contribution in [3.63, 3.8) is 0 Å². The largest absolute Gasteiger partial charge is 0.384 e. The van der Waals surface area contributed by atoms with E-state index >= 15 is 0 Å². The maximum Gasteiger partial charge on any atom is 0.261 e. The van der Waals surface area contributed by atoms with Gasteiger partial charge in [-0.1, -0.05) is 0 Å². The highest BCUT2D eigenvalue weighted by Gasteiger charge is 2.24. The van der Waals surface area contributed by atoms with Crippen molar-refractivity contribution in [2.75, 3.05) is 26.8 Å². The van der Waals surface area contributed by atoms with Crippen LogP contribution >= 0.6 is 10.7 Å². The van der Waals surface area contributed by atoms with Crippen LogP contribution in [0.25, 0.3) is 0 Å². The second kappa shape index (κ2) is 6.77. The maximum absolute atomic E-state index is 12.4. The lowest BCUT2D eigenvalue weighted by atomic mass is 9.98. The van der Waals surface area contributed by atoms with Gasteiger partial charge < -0.3 is 9.64 Å². The summed E-state index contributed by atoms with van der Waals surface area (Å²) < 4.78 is 27.5. The van der Waals surface area contributed by atoms with Gasteiger partial charge in [-0.2, -0.15) is 0 Å². The molecule has 1 aromatic rings.